The van der Waals surface area contributed by atoms with Crippen LogP contribution in [0.3, 0.4) is 0 Å². The van der Waals surface area contributed by atoms with Crippen LogP contribution in [0.4, 0.5) is 0 Å². The van der Waals surface area contributed by atoms with Gasteiger partial charge in [-0.25, -0.2) is 8.51 Å². The largest absolute Gasteiger partial charge is 0.243 e. The molecule has 0 aliphatic carbocycles. The molecule has 1 fully saturated rings. The average Bonchev–Trinajstić information content (AvgIpc) is 2.34. The molecule has 0 radical (unpaired) electrons. The van der Waals surface area contributed by atoms with Crippen molar-refractivity contribution >= 4 is 11.0 Å². The molecule has 2 unspecified atom stereocenters. The summed E-state index contributed by atoms with van der Waals surface area (Å²) in [6.07, 6.45) is 4.29. The highest BCUT2D eigenvalue weighted by Crippen LogP contribution is 2.23. The molecule has 0 N–H and O–H groups in total. The normalized spacial score (nSPS) is 28.2. The van der Waals surface area contributed by atoms with E-state index in [0.29, 0.717) is 0 Å². The maximum Gasteiger partial charge on any atom is 0.0910 e. The van der Waals surface area contributed by atoms with E-state index in [9.17, 15) is 4.21 Å². The fourth-order valence-corrected chi connectivity index (χ4v) is 2.67. The van der Waals surface area contributed by atoms with Crippen molar-refractivity contribution in [1.82, 2.24) is 4.31 Å². The second-order valence-corrected chi connectivity index (χ2v) is 5.46. The van der Waals surface area contributed by atoms with E-state index in [4.69, 9.17) is 0 Å². The average molecular weight is 189 g/mol. The number of rotatable bonds is 3. The molecule has 1 saturated heterocycles. The molecular formula is C9H19NOS. The molecule has 1 aliphatic rings. The predicted octanol–water partition coefficient (Wildman–Crippen LogP) is 1.65. The summed E-state index contributed by atoms with van der Waals surface area (Å²) in [4.78, 5) is 0. The zero-order chi connectivity index (χ0) is 9.14. The lowest BCUT2D eigenvalue weighted by Crippen LogP contribution is -2.22. The molecule has 0 aromatic heterocycles. The van der Waals surface area contributed by atoms with Crippen molar-refractivity contribution < 1.29 is 4.21 Å². The molecule has 1 aliphatic heterocycles. The molecule has 2 atom stereocenters. The van der Waals surface area contributed by atoms with E-state index in [1.165, 1.54) is 12.8 Å². The monoisotopic (exact) mass is 189 g/mol. The molecule has 1 rings (SSSR count). The molecule has 0 aromatic carbocycles. The second-order valence-electron chi connectivity index (χ2n) is 4.10. The first kappa shape index (κ1) is 10.2. The first-order valence-electron chi connectivity index (χ1n) is 4.68. The van der Waals surface area contributed by atoms with Crippen LogP contribution >= 0.6 is 0 Å². The van der Waals surface area contributed by atoms with Gasteiger partial charge in [-0.15, -0.1) is 0 Å². The van der Waals surface area contributed by atoms with Crippen LogP contribution in [0.1, 0.15) is 26.7 Å². The third-order valence-corrected chi connectivity index (χ3v) is 3.48. The fraction of sp³-hybridized carbons (Fsp3) is 1.00. The molecule has 72 valence electrons. The van der Waals surface area contributed by atoms with Crippen LogP contribution in [0.5, 0.6) is 0 Å². The summed E-state index contributed by atoms with van der Waals surface area (Å²) in [6, 6.07) is 0. The first-order chi connectivity index (χ1) is 5.59. The maximum absolute atomic E-state index is 11.1. The molecule has 0 aromatic rings. The molecule has 0 amide bonds. The minimum absolute atomic E-state index is 0.743. The summed E-state index contributed by atoms with van der Waals surface area (Å²) in [5, 5.41) is 0. The van der Waals surface area contributed by atoms with Gasteiger partial charge in [-0.05, 0) is 24.7 Å². The molecule has 2 nitrogen and oxygen atoms in total. The number of nitrogens with zero attached hydrogens (tertiary/aromatic N) is 1. The minimum Gasteiger partial charge on any atom is -0.243 e. The van der Waals surface area contributed by atoms with E-state index in [2.05, 4.69) is 18.2 Å². The first-order valence-corrected chi connectivity index (χ1v) is 6.19. The Kier molecular flexibility index (Phi) is 3.72. The molecule has 3 heteroatoms. The van der Waals surface area contributed by atoms with Crippen LogP contribution in [0.25, 0.3) is 0 Å². The highest BCUT2D eigenvalue weighted by atomic mass is 32.2. The lowest BCUT2D eigenvalue weighted by atomic mass is 9.97. The highest BCUT2D eigenvalue weighted by Gasteiger charge is 2.24. The third kappa shape index (κ3) is 2.87. The quantitative estimate of drug-likeness (QED) is 0.661. The fourth-order valence-electron chi connectivity index (χ4n) is 1.89. The van der Waals surface area contributed by atoms with Crippen molar-refractivity contribution in [3.05, 3.63) is 0 Å². The van der Waals surface area contributed by atoms with Gasteiger partial charge in [-0.1, -0.05) is 13.8 Å². The van der Waals surface area contributed by atoms with Crippen molar-refractivity contribution in [3.8, 4) is 0 Å². The number of hydrogen-bond donors (Lipinski definition) is 0. The van der Waals surface area contributed by atoms with Crippen molar-refractivity contribution in [2.45, 2.75) is 26.7 Å². The third-order valence-electron chi connectivity index (χ3n) is 2.42. The van der Waals surface area contributed by atoms with E-state index in [-0.39, 0.29) is 0 Å². The SMILES string of the molecule is CC(C)CC1CCN(S(C)=O)C1. The Morgan fingerprint density at radius 3 is 2.67 bits per heavy atom. The van der Waals surface area contributed by atoms with E-state index >= 15 is 0 Å². The summed E-state index contributed by atoms with van der Waals surface area (Å²) in [5.41, 5.74) is 0. The standard InChI is InChI=1S/C9H19NOS/c1-8(2)6-9-4-5-10(7-9)12(3)11/h8-9H,4-7H2,1-3H3. The van der Waals surface area contributed by atoms with E-state index in [1.807, 2.05) is 0 Å². The molecule has 0 bridgehead atoms. The molecule has 12 heavy (non-hydrogen) atoms. The van der Waals surface area contributed by atoms with E-state index in [0.717, 1.165) is 24.9 Å². The Hall–Kier alpha value is 0.110. The minimum atomic E-state index is -0.743. The maximum atomic E-state index is 11.1. The zero-order valence-corrected chi connectivity index (χ0v) is 9.06. The van der Waals surface area contributed by atoms with Gasteiger partial charge in [0.2, 0.25) is 0 Å². The van der Waals surface area contributed by atoms with Gasteiger partial charge in [-0.2, -0.15) is 0 Å². The van der Waals surface area contributed by atoms with Crippen LogP contribution < -0.4 is 0 Å². The van der Waals surface area contributed by atoms with Crippen molar-refractivity contribution in [2.75, 3.05) is 19.3 Å². The van der Waals surface area contributed by atoms with Crippen molar-refractivity contribution in [3.63, 3.8) is 0 Å². The Morgan fingerprint density at radius 1 is 1.58 bits per heavy atom. The smallest absolute Gasteiger partial charge is 0.0910 e. The molecular weight excluding hydrogens is 170 g/mol. The second kappa shape index (κ2) is 4.38. The lowest BCUT2D eigenvalue weighted by Gasteiger charge is -2.13. The molecule has 0 spiro atoms. The van der Waals surface area contributed by atoms with Crippen LogP contribution in [0.15, 0.2) is 0 Å². The summed E-state index contributed by atoms with van der Waals surface area (Å²) in [7, 11) is -0.743. The Bertz CT molecular complexity index is 170. The topological polar surface area (TPSA) is 20.3 Å². The summed E-state index contributed by atoms with van der Waals surface area (Å²) >= 11 is 0. The summed E-state index contributed by atoms with van der Waals surface area (Å²) in [6.45, 7) is 6.58. The molecule has 0 saturated carbocycles. The molecule has 1 heterocycles. The Labute approximate surface area is 77.9 Å². The number of hydrogen-bond acceptors (Lipinski definition) is 1. The van der Waals surface area contributed by atoms with Gasteiger partial charge in [0.15, 0.2) is 0 Å². The zero-order valence-electron chi connectivity index (χ0n) is 8.25. The van der Waals surface area contributed by atoms with Crippen molar-refractivity contribution in [1.29, 1.82) is 0 Å². The summed E-state index contributed by atoms with van der Waals surface area (Å²) < 4.78 is 13.2. The van der Waals surface area contributed by atoms with Gasteiger partial charge in [-0.3, -0.25) is 0 Å². The van der Waals surface area contributed by atoms with Crippen LogP contribution in [-0.2, 0) is 11.0 Å². The van der Waals surface area contributed by atoms with Crippen LogP contribution in [0.2, 0.25) is 0 Å². The van der Waals surface area contributed by atoms with Gasteiger partial charge in [0.05, 0.1) is 11.0 Å². The lowest BCUT2D eigenvalue weighted by molar-refractivity contribution is 0.417. The van der Waals surface area contributed by atoms with E-state index < -0.39 is 11.0 Å². The van der Waals surface area contributed by atoms with Crippen molar-refractivity contribution in [2.24, 2.45) is 11.8 Å². The van der Waals surface area contributed by atoms with Gasteiger partial charge in [0.1, 0.15) is 0 Å². The highest BCUT2D eigenvalue weighted by molar-refractivity contribution is 7.81. The van der Waals surface area contributed by atoms with Gasteiger partial charge < -0.3 is 0 Å². The summed E-state index contributed by atoms with van der Waals surface area (Å²) in [5.74, 6) is 1.56. The van der Waals surface area contributed by atoms with Crippen LogP contribution in [-0.4, -0.2) is 27.9 Å². The van der Waals surface area contributed by atoms with Gasteiger partial charge in [0.25, 0.3) is 0 Å². The van der Waals surface area contributed by atoms with Gasteiger partial charge >= 0.3 is 0 Å². The Balaban J connectivity index is 2.30. The van der Waals surface area contributed by atoms with Gasteiger partial charge in [0, 0.05) is 19.3 Å². The van der Waals surface area contributed by atoms with Crippen LogP contribution in [0, 0.1) is 11.8 Å². The predicted molar refractivity (Wildman–Crippen MR) is 53.2 cm³/mol. The Morgan fingerprint density at radius 2 is 2.25 bits per heavy atom. The van der Waals surface area contributed by atoms with E-state index in [1.54, 1.807) is 6.26 Å².